The van der Waals surface area contributed by atoms with E-state index in [9.17, 15) is 24.6 Å². The van der Waals surface area contributed by atoms with Gasteiger partial charge in [0, 0.05) is 17.0 Å². The lowest BCUT2D eigenvalue weighted by molar-refractivity contribution is -0.150. The molecule has 2 bridgehead atoms. The van der Waals surface area contributed by atoms with Crippen LogP contribution in [0.4, 0.5) is 5.69 Å². The normalized spacial score (nSPS) is 31.4. The van der Waals surface area contributed by atoms with Crippen LogP contribution in [0.15, 0.2) is 36.9 Å². The summed E-state index contributed by atoms with van der Waals surface area (Å²) in [5, 5.41) is 20.5. The molecule has 3 heterocycles. The summed E-state index contributed by atoms with van der Waals surface area (Å²) in [6, 6.07) is 5.65. The Morgan fingerprint density at radius 1 is 1.31 bits per heavy atom. The predicted molar refractivity (Wildman–Crippen MR) is 139 cm³/mol. The van der Waals surface area contributed by atoms with Crippen molar-refractivity contribution in [3.05, 3.63) is 36.9 Å². The lowest BCUT2D eigenvalue weighted by Crippen LogP contribution is -2.57. The van der Waals surface area contributed by atoms with Gasteiger partial charge < -0.3 is 24.7 Å². The molecule has 8 nitrogen and oxygen atoms in total. The van der Waals surface area contributed by atoms with E-state index in [1.54, 1.807) is 47.3 Å². The molecular formula is C27H36N2O6S. The molecule has 0 saturated carbocycles. The minimum absolute atomic E-state index is 0.172. The number of likely N-dealkylation sites (tertiary alicyclic amines) is 1. The summed E-state index contributed by atoms with van der Waals surface area (Å²) in [4.78, 5) is 44.1. The fourth-order valence-corrected chi connectivity index (χ4v) is 8.92. The number of nitrogens with zero attached hydrogens (tertiary/aromatic N) is 2. The topological polar surface area (TPSA) is 107 Å². The van der Waals surface area contributed by atoms with Crippen molar-refractivity contribution in [3.63, 3.8) is 0 Å². The van der Waals surface area contributed by atoms with Crippen LogP contribution >= 0.6 is 11.8 Å². The zero-order valence-electron chi connectivity index (χ0n) is 21.3. The Bertz CT molecular complexity index is 1050. The second-order valence-electron chi connectivity index (χ2n) is 10.7. The standard InChI is InChI=1S/C27H36N2O6S/c1-6-13-28(17-7-9-19(35-5)10-8-17)24(32)22-27-12-11-26(4,36-27)21(25(33)34)20(27)23(31)29(22)18(15-30)14-16(2)3/h6-10,16,18,20-22,30H,1,11-15H2,2-5H3,(H,33,34)/t18-,20+,21-,22?,26+,27?/m1/s1. The fourth-order valence-electron chi connectivity index (χ4n) is 6.59. The molecule has 2 N–H and O–H groups in total. The number of thioether (sulfide) groups is 1. The van der Waals surface area contributed by atoms with E-state index in [-0.39, 0.29) is 30.9 Å². The highest BCUT2D eigenvalue weighted by atomic mass is 32.2. The zero-order valence-corrected chi connectivity index (χ0v) is 22.2. The number of aliphatic hydroxyl groups excluding tert-OH is 1. The Morgan fingerprint density at radius 2 is 1.97 bits per heavy atom. The SMILES string of the molecule is C=CCN(C(=O)C1N([C@@H](CO)CC(C)C)C(=O)[C@@H]2[C@H](C(=O)O)[C@]3(C)CCC12S3)c1ccc(OC)cc1. The number of carboxylic acids is 1. The van der Waals surface area contributed by atoms with E-state index in [1.165, 1.54) is 11.8 Å². The van der Waals surface area contributed by atoms with Gasteiger partial charge >= 0.3 is 5.97 Å². The van der Waals surface area contributed by atoms with E-state index < -0.39 is 39.4 Å². The van der Waals surface area contributed by atoms with Gasteiger partial charge in [-0.2, -0.15) is 0 Å². The Morgan fingerprint density at radius 3 is 2.50 bits per heavy atom. The van der Waals surface area contributed by atoms with Crippen LogP contribution in [0.1, 0.15) is 40.0 Å². The Hall–Kier alpha value is -2.52. The molecule has 2 unspecified atom stereocenters. The molecule has 3 fully saturated rings. The fraction of sp³-hybridized carbons (Fsp3) is 0.593. The molecular weight excluding hydrogens is 480 g/mol. The van der Waals surface area contributed by atoms with Gasteiger partial charge in [-0.25, -0.2) is 0 Å². The number of benzene rings is 1. The molecule has 196 valence electrons. The summed E-state index contributed by atoms with van der Waals surface area (Å²) >= 11 is 1.50. The molecule has 1 aromatic carbocycles. The third-order valence-corrected chi connectivity index (χ3v) is 10.0. The molecule has 0 aliphatic carbocycles. The molecule has 3 aliphatic rings. The Labute approximate surface area is 216 Å². The molecule has 0 aromatic heterocycles. The molecule has 9 heteroatoms. The number of carboxylic acid groups (broad SMARTS) is 1. The van der Waals surface area contributed by atoms with Gasteiger partial charge in [-0.3, -0.25) is 14.4 Å². The van der Waals surface area contributed by atoms with Crippen LogP contribution in [0, 0.1) is 17.8 Å². The van der Waals surface area contributed by atoms with E-state index in [1.807, 2.05) is 20.8 Å². The number of fused-ring (bicyclic) bond motifs is 1. The molecule has 0 radical (unpaired) electrons. The molecule has 3 saturated heterocycles. The summed E-state index contributed by atoms with van der Waals surface area (Å²) < 4.78 is 3.78. The third-order valence-electron chi connectivity index (χ3n) is 8.02. The van der Waals surface area contributed by atoms with Gasteiger partial charge in [0.2, 0.25) is 5.91 Å². The van der Waals surface area contributed by atoms with Crippen LogP contribution in [0.25, 0.3) is 0 Å². The summed E-state index contributed by atoms with van der Waals surface area (Å²) in [6.45, 7) is 9.68. The molecule has 1 spiro atoms. The number of aliphatic carboxylic acids is 1. The van der Waals surface area contributed by atoms with Crippen LogP contribution in [0.5, 0.6) is 5.75 Å². The number of methoxy groups -OCH3 is 1. The van der Waals surface area contributed by atoms with E-state index in [4.69, 9.17) is 4.74 Å². The van der Waals surface area contributed by atoms with E-state index in [0.717, 1.165) is 0 Å². The maximum Gasteiger partial charge on any atom is 0.308 e. The van der Waals surface area contributed by atoms with Gasteiger partial charge in [0.25, 0.3) is 5.91 Å². The first-order chi connectivity index (χ1) is 17.0. The molecule has 2 amide bonds. The van der Waals surface area contributed by atoms with E-state index in [2.05, 4.69) is 6.58 Å². The van der Waals surface area contributed by atoms with Crippen molar-refractivity contribution in [1.82, 2.24) is 4.90 Å². The van der Waals surface area contributed by atoms with Crippen molar-refractivity contribution < 1.29 is 29.3 Å². The van der Waals surface area contributed by atoms with Gasteiger partial charge in [-0.15, -0.1) is 18.3 Å². The third kappa shape index (κ3) is 4.00. The van der Waals surface area contributed by atoms with Crippen LogP contribution in [0.2, 0.25) is 0 Å². The maximum absolute atomic E-state index is 14.5. The lowest BCUT2D eigenvalue weighted by Gasteiger charge is -2.40. The van der Waals surface area contributed by atoms with Crippen molar-refractivity contribution >= 4 is 35.2 Å². The number of anilines is 1. The molecule has 6 atom stereocenters. The second-order valence-corrected chi connectivity index (χ2v) is 12.6. The van der Waals surface area contributed by atoms with Crippen LogP contribution < -0.4 is 9.64 Å². The second kappa shape index (κ2) is 9.74. The number of aliphatic hydroxyl groups is 1. The maximum atomic E-state index is 14.5. The average Bonchev–Trinajstić information content (AvgIpc) is 3.41. The molecule has 1 aromatic rings. The lowest BCUT2D eigenvalue weighted by atomic mass is 9.66. The number of ether oxygens (including phenoxy) is 1. The average molecular weight is 517 g/mol. The Balaban J connectivity index is 1.84. The quantitative estimate of drug-likeness (QED) is 0.460. The molecule has 3 aliphatic heterocycles. The van der Waals surface area contributed by atoms with Crippen molar-refractivity contribution in [2.45, 2.75) is 61.6 Å². The minimum Gasteiger partial charge on any atom is -0.497 e. The Kier molecular flexibility index (Phi) is 7.18. The smallest absolute Gasteiger partial charge is 0.308 e. The van der Waals surface area contributed by atoms with Gasteiger partial charge in [0.15, 0.2) is 0 Å². The number of amides is 2. The number of carbonyl (C=O) groups is 3. The first-order valence-electron chi connectivity index (χ1n) is 12.5. The first kappa shape index (κ1) is 26.5. The highest BCUT2D eigenvalue weighted by molar-refractivity contribution is 8.02. The van der Waals surface area contributed by atoms with Crippen LogP contribution in [-0.4, -0.2) is 74.7 Å². The summed E-state index contributed by atoms with van der Waals surface area (Å²) in [6.07, 6.45) is 3.34. The summed E-state index contributed by atoms with van der Waals surface area (Å²) in [7, 11) is 1.57. The first-order valence-corrected chi connectivity index (χ1v) is 13.3. The van der Waals surface area contributed by atoms with E-state index in [0.29, 0.717) is 30.7 Å². The number of hydrogen-bond acceptors (Lipinski definition) is 6. The highest BCUT2D eigenvalue weighted by Crippen LogP contribution is 2.71. The van der Waals surface area contributed by atoms with Crippen molar-refractivity contribution in [3.8, 4) is 5.75 Å². The summed E-state index contributed by atoms with van der Waals surface area (Å²) in [5.74, 6) is -2.47. The molecule has 4 rings (SSSR count). The van der Waals surface area contributed by atoms with Crippen molar-refractivity contribution in [1.29, 1.82) is 0 Å². The van der Waals surface area contributed by atoms with E-state index >= 15 is 0 Å². The number of carbonyl (C=O) groups excluding carboxylic acids is 2. The zero-order chi connectivity index (χ0) is 26.4. The van der Waals surface area contributed by atoms with Crippen molar-refractivity contribution in [2.24, 2.45) is 17.8 Å². The van der Waals surface area contributed by atoms with Gasteiger partial charge in [-0.1, -0.05) is 19.9 Å². The predicted octanol–water partition coefficient (Wildman–Crippen LogP) is 3.19. The monoisotopic (exact) mass is 516 g/mol. The van der Waals surface area contributed by atoms with Gasteiger partial charge in [0.1, 0.15) is 11.8 Å². The van der Waals surface area contributed by atoms with Crippen molar-refractivity contribution in [2.75, 3.05) is 25.2 Å². The summed E-state index contributed by atoms with van der Waals surface area (Å²) in [5.41, 5.74) is 0.635. The highest BCUT2D eigenvalue weighted by Gasteiger charge is 2.78. The minimum atomic E-state index is -1.000. The van der Waals surface area contributed by atoms with Gasteiger partial charge in [0.05, 0.1) is 36.3 Å². The largest absolute Gasteiger partial charge is 0.497 e. The van der Waals surface area contributed by atoms with Gasteiger partial charge in [-0.05, 0) is 56.4 Å². The molecule has 36 heavy (non-hydrogen) atoms. The number of rotatable bonds is 10. The number of hydrogen-bond donors (Lipinski definition) is 2. The van der Waals surface area contributed by atoms with Crippen LogP contribution in [-0.2, 0) is 14.4 Å². The van der Waals surface area contributed by atoms with Crippen LogP contribution in [0.3, 0.4) is 0 Å².